The molecular weight excluding hydrogens is 400 g/mol. The molecule has 1 saturated heterocycles. The Morgan fingerprint density at radius 1 is 1.10 bits per heavy atom. The van der Waals surface area contributed by atoms with Gasteiger partial charge in [-0.15, -0.1) is 0 Å². The molecule has 5 rings (SSSR count). The number of benzene rings is 2. The largest absolute Gasteiger partial charge is 0.486 e. The van der Waals surface area contributed by atoms with Crippen molar-refractivity contribution in [3.63, 3.8) is 0 Å². The highest BCUT2D eigenvalue weighted by Crippen LogP contribution is 2.42. The molecule has 8 nitrogen and oxygen atoms in total. The standard InChI is InChI=1S/C23H22N2O6/c26-20-9-7-18(22(27)24-20)25-10-17-16(23(25)28)6-8-19-21(17)31-15(13-30-19)12-29-11-14-4-2-1-3-5-14/h1-6,8,15,18H,7,9-13H2,(H,24,26,27)/t15-,18?/m0/s1. The lowest BCUT2D eigenvalue weighted by Gasteiger charge is -2.30. The molecule has 3 amide bonds. The summed E-state index contributed by atoms with van der Waals surface area (Å²) in [5.41, 5.74) is 2.28. The zero-order chi connectivity index (χ0) is 21.4. The summed E-state index contributed by atoms with van der Waals surface area (Å²) in [6.07, 6.45) is 0.233. The molecule has 0 radical (unpaired) electrons. The van der Waals surface area contributed by atoms with Gasteiger partial charge in [0, 0.05) is 17.5 Å². The maximum Gasteiger partial charge on any atom is 0.255 e. The predicted octanol–water partition coefficient (Wildman–Crippen LogP) is 1.80. The molecule has 1 N–H and O–H groups in total. The molecule has 2 aromatic rings. The van der Waals surface area contributed by atoms with E-state index in [9.17, 15) is 14.4 Å². The number of hydrogen-bond acceptors (Lipinski definition) is 6. The summed E-state index contributed by atoms with van der Waals surface area (Å²) < 4.78 is 17.8. The third-order valence-electron chi connectivity index (χ3n) is 5.75. The van der Waals surface area contributed by atoms with Crippen LogP contribution >= 0.6 is 0 Å². The maximum absolute atomic E-state index is 13.0. The molecule has 0 bridgehead atoms. The van der Waals surface area contributed by atoms with Crippen LogP contribution in [0.1, 0.15) is 34.3 Å². The predicted molar refractivity (Wildman–Crippen MR) is 108 cm³/mol. The molecule has 3 aliphatic heterocycles. The van der Waals surface area contributed by atoms with Crippen LogP contribution in [0.2, 0.25) is 0 Å². The molecule has 31 heavy (non-hydrogen) atoms. The van der Waals surface area contributed by atoms with Gasteiger partial charge in [-0.1, -0.05) is 30.3 Å². The first-order valence-electron chi connectivity index (χ1n) is 10.3. The van der Waals surface area contributed by atoms with Crippen molar-refractivity contribution in [2.75, 3.05) is 13.2 Å². The Balaban J connectivity index is 1.29. The summed E-state index contributed by atoms with van der Waals surface area (Å²) in [5.74, 6) is 0.128. The van der Waals surface area contributed by atoms with E-state index >= 15 is 0 Å². The third-order valence-corrected chi connectivity index (χ3v) is 5.75. The zero-order valence-electron chi connectivity index (χ0n) is 16.8. The van der Waals surface area contributed by atoms with Crippen molar-refractivity contribution >= 4 is 17.7 Å². The highest BCUT2D eigenvalue weighted by Gasteiger charge is 2.41. The number of carbonyl (C=O) groups is 3. The van der Waals surface area contributed by atoms with Gasteiger partial charge in [-0.2, -0.15) is 0 Å². The Morgan fingerprint density at radius 2 is 1.94 bits per heavy atom. The Labute approximate surface area is 179 Å². The number of nitrogens with one attached hydrogen (secondary N) is 1. The second-order valence-electron chi connectivity index (χ2n) is 7.87. The Kier molecular flexibility index (Phi) is 5.07. The number of ether oxygens (including phenoxy) is 3. The first-order valence-corrected chi connectivity index (χ1v) is 10.3. The lowest BCUT2D eigenvalue weighted by atomic mass is 10.0. The monoisotopic (exact) mass is 422 g/mol. The lowest BCUT2D eigenvalue weighted by Crippen LogP contribution is -2.52. The summed E-state index contributed by atoms with van der Waals surface area (Å²) in [6.45, 7) is 1.42. The molecule has 2 aromatic carbocycles. The van der Waals surface area contributed by atoms with Gasteiger partial charge < -0.3 is 19.1 Å². The van der Waals surface area contributed by atoms with Crippen molar-refractivity contribution in [2.45, 2.75) is 38.1 Å². The number of fused-ring (bicyclic) bond motifs is 3. The summed E-state index contributed by atoms with van der Waals surface area (Å²) in [4.78, 5) is 38.2. The van der Waals surface area contributed by atoms with E-state index < -0.39 is 11.9 Å². The Bertz CT molecular complexity index is 1040. The minimum Gasteiger partial charge on any atom is -0.486 e. The van der Waals surface area contributed by atoms with Crippen LogP contribution in [0, 0.1) is 0 Å². The van der Waals surface area contributed by atoms with E-state index in [1.54, 1.807) is 12.1 Å². The van der Waals surface area contributed by atoms with Gasteiger partial charge in [-0.3, -0.25) is 19.7 Å². The van der Waals surface area contributed by atoms with Crippen LogP contribution in [-0.4, -0.2) is 48.0 Å². The van der Waals surface area contributed by atoms with E-state index in [4.69, 9.17) is 14.2 Å². The van der Waals surface area contributed by atoms with Crippen molar-refractivity contribution in [2.24, 2.45) is 0 Å². The molecule has 0 aromatic heterocycles. The molecule has 0 spiro atoms. The average molecular weight is 422 g/mol. The van der Waals surface area contributed by atoms with E-state index in [1.807, 2.05) is 30.3 Å². The first-order chi connectivity index (χ1) is 15.1. The minimum atomic E-state index is -0.664. The van der Waals surface area contributed by atoms with Gasteiger partial charge in [-0.25, -0.2) is 0 Å². The van der Waals surface area contributed by atoms with Gasteiger partial charge >= 0.3 is 0 Å². The molecule has 0 saturated carbocycles. The van der Waals surface area contributed by atoms with Crippen LogP contribution in [-0.2, 0) is 27.5 Å². The van der Waals surface area contributed by atoms with Gasteiger partial charge in [-0.05, 0) is 24.1 Å². The molecule has 2 atom stereocenters. The summed E-state index contributed by atoms with van der Waals surface area (Å²) in [5, 5.41) is 2.32. The normalized spacial score (nSPS) is 22.3. The lowest BCUT2D eigenvalue weighted by molar-refractivity contribution is -0.136. The van der Waals surface area contributed by atoms with Crippen molar-refractivity contribution in [3.8, 4) is 11.5 Å². The van der Waals surface area contributed by atoms with Crippen LogP contribution in [0.25, 0.3) is 0 Å². The van der Waals surface area contributed by atoms with Crippen LogP contribution in [0.3, 0.4) is 0 Å². The highest BCUT2D eigenvalue weighted by molar-refractivity contribution is 6.05. The molecule has 0 aliphatic carbocycles. The van der Waals surface area contributed by atoms with Crippen molar-refractivity contribution in [1.82, 2.24) is 10.2 Å². The molecule has 1 unspecified atom stereocenters. The van der Waals surface area contributed by atoms with E-state index in [-0.39, 0.29) is 30.9 Å². The van der Waals surface area contributed by atoms with E-state index in [1.165, 1.54) is 4.90 Å². The van der Waals surface area contributed by atoms with E-state index in [0.717, 1.165) is 5.56 Å². The number of piperidine rings is 1. The quantitative estimate of drug-likeness (QED) is 0.739. The Hall–Kier alpha value is -3.39. The fourth-order valence-corrected chi connectivity index (χ4v) is 4.18. The molecule has 8 heteroatoms. The number of nitrogens with zero attached hydrogens (tertiary/aromatic N) is 1. The smallest absolute Gasteiger partial charge is 0.255 e. The summed E-state index contributed by atoms with van der Waals surface area (Å²) >= 11 is 0. The number of hydrogen-bond donors (Lipinski definition) is 1. The van der Waals surface area contributed by atoms with Gasteiger partial charge in [0.1, 0.15) is 12.6 Å². The van der Waals surface area contributed by atoms with Crippen molar-refractivity contribution in [1.29, 1.82) is 0 Å². The van der Waals surface area contributed by atoms with Crippen LogP contribution in [0.15, 0.2) is 42.5 Å². The van der Waals surface area contributed by atoms with E-state index in [0.29, 0.717) is 48.9 Å². The molecule has 3 heterocycles. The van der Waals surface area contributed by atoms with Gasteiger partial charge in [0.2, 0.25) is 11.8 Å². The van der Waals surface area contributed by atoms with Gasteiger partial charge in [0.25, 0.3) is 5.91 Å². The second kappa shape index (κ2) is 8.03. The zero-order valence-corrected chi connectivity index (χ0v) is 16.8. The fraction of sp³-hybridized carbons (Fsp3) is 0.348. The van der Waals surface area contributed by atoms with Crippen molar-refractivity contribution < 1.29 is 28.6 Å². The minimum absolute atomic E-state index is 0.217. The third kappa shape index (κ3) is 3.74. The van der Waals surface area contributed by atoms with Crippen molar-refractivity contribution in [3.05, 3.63) is 59.2 Å². The molecule has 1 fully saturated rings. The second-order valence-corrected chi connectivity index (χ2v) is 7.87. The number of amides is 3. The Morgan fingerprint density at radius 3 is 2.74 bits per heavy atom. The SMILES string of the molecule is O=C1CCC(N2Cc3c(ccc4c3O[C@@H](COCc3ccccc3)CO4)C2=O)C(=O)N1. The highest BCUT2D eigenvalue weighted by atomic mass is 16.6. The average Bonchev–Trinajstić information content (AvgIpc) is 3.11. The number of imide groups is 1. The number of carbonyl (C=O) groups excluding carboxylic acids is 3. The summed E-state index contributed by atoms with van der Waals surface area (Å²) in [7, 11) is 0. The van der Waals surface area contributed by atoms with Gasteiger partial charge in [0.15, 0.2) is 17.6 Å². The van der Waals surface area contributed by atoms with Crippen LogP contribution in [0.4, 0.5) is 0 Å². The molecule has 160 valence electrons. The topological polar surface area (TPSA) is 94.2 Å². The fourth-order valence-electron chi connectivity index (χ4n) is 4.18. The van der Waals surface area contributed by atoms with Gasteiger partial charge in [0.05, 0.1) is 19.8 Å². The summed E-state index contributed by atoms with van der Waals surface area (Å²) in [6, 6.07) is 12.6. The van der Waals surface area contributed by atoms with E-state index in [2.05, 4.69) is 5.32 Å². The van der Waals surface area contributed by atoms with Crippen LogP contribution < -0.4 is 14.8 Å². The first kappa shape index (κ1) is 19.6. The maximum atomic E-state index is 13.0. The molecule has 3 aliphatic rings. The van der Waals surface area contributed by atoms with Crippen LogP contribution in [0.5, 0.6) is 11.5 Å². The molecular formula is C23H22N2O6. The number of rotatable bonds is 5.